The Hall–Kier alpha value is -2.42. The maximum absolute atomic E-state index is 12.9. The summed E-state index contributed by atoms with van der Waals surface area (Å²) in [6.45, 7) is 4.71. The zero-order chi connectivity index (χ0) is 23.3. The van der Waals surface area contributed by atoms with Gasteiger partial charge in [0.2, 0.25) is 10.0 Å². The molecule has 32 heavy (non-hydrogen) atoms. The van der Waals surface area contributed by atoms with Crippen molar-refractivity contribution in [3.8, 4) is 0 Å². The van der Waals surface area contributed by atoms with Crippen molar-refractivity contribution >= 4 is 39.1 Å². The average Bonchev–Trinajstić information content (AvgIpc) is 3.03. The molecule has 1 heterocycles. The van der Waals surface area contributed by atoms with Gasteiger partial charge in [-0.2, -0.15) is 4.31 Å². The van der Waals surface area contributed by atoms with Crippen molar-refractivity contribution < 1.29 is 18.0 Å². The number of anilines is 1. The molecule has 2 N–H and O–H groups in total. The molecular formula is C23H28ClN3O4S. The van der Waals surface area contributed by atoms with Crippen LogP contribution >= 0.6 is 11.6 Å². The van der Waals surface area contributed by atoms with Crippen LogP contribution in [0.4, 0.5) is 5.69 Å². The van der Waals surface area contributed by atoms with Gasteiger partial charge in [0, 0.05) is 29.7 Å². The highest BCUT2D eigenvalue weighted by Crippen LogP contribution is 2.24. The highest BCUT2D eigenvalue weighted by atomic mass is 35.5. The van der Waals surface area contributed by atoms with Gasteiger partial charge in [-0.3, -0.25) is 9.59 Å². The molecule has 0 atom stereocenters. The van der Waals surface area contributed by atoms with E-state index in [0.29, 0.717) is 18.1 Å². The Bertz CT molecular complexity index is 1080. The lowest BCUT2D eigenvalue weighted by Crippen LogP contribution is -2.32. The Morgan fingerprint density at radius 2 is 1.56 bits per heavy atom. The summed E-state index contributed by atoms with van der Waals surface area (Å²) in [4.78, 5) is 25.4. The largest absolute Gasteiger partial charge is 0.350 e. The third-order valence-electron chi connectivity index (χ3n) is 5.21. The molecule has 0 radical (unpaired) electrons. The summed E-state index contributed by atoms with van der Waals surface area (Å²) in [7, 11) is -3.59. The van der Waals surface area contributed by atoms with Crippen molar-refractivity contribution in [1.29, 1.82) is 0 Å². The van der Waals surface area contributed by atoms with Crippen LogP contribution in [0.15, 0.2) is 47.4 Å². The van der Waals surface area contributed by atoms with Crippen LogP contribution in [0.1, 0.15) is 60.2 Å². The zero-order valence-electron chi connectivity index (χ0n) is 18.2. The summed E-state index contributed by atoms with van der Waals surface area (Å²) >= 11 is 6.06. The van der Waals surface area contributed by atoms with Gasteiger partial charge in [-0.1, -0.05) is 24.4 Å². The number of hydrogen-bond donors (Lipinski definition) is 2. The van der Waals surface area contributed by atoms with Gasteiger partial charge in [-0.25, -0.2) is 8.42 Å². The number of hydrogen-bond acceptors (Lipinski definition) is 4. The average molecular weight is 478 g/mol. The van der Waals surface area contributed by atoms with E-state index in [4.69, 9.17) is 11.6 Å². The van der Waals surface area contributed by atoms with Gasteiger partial charge >= 0.3 is 0 Å². The molecule has 1 fully saturated rings. The van der Waals surface area contributed by atoms with Crippen molar-refractivity contribution in [2.45, 2.75) is 50.5 Å². The van der Waals surface area contributed by atoms with E-state index in [-0.39, 0.29) is 33.7 Å². The van der Waals surface area contributed by atoms with E-state index in [0.717, 1.165) is 25.7 Å². The van der Waals surface area contributed by atoms with E-state index in [1.807, 2.05) is 13.8 Å². The first-order valence-electron chi connectivity index (χ1n) is 10.7. The molecule has 1 aliphatic heterocycles. The molecule has 0 aromatic heterocycles. The Labute approximate surface area is 194 Å². The maximum atomic E-state index is 12.9. The first-order valence-corrected chi connectivity index (χ1v) is 12.5. The molecule has 2 aromatic rings. The van der Waals surface area contributed by atoms with E-state index in [2.05, 4.69) is 10.6 Å². The molecule has 9 heteroatoms. The topological polar surface area (TPSA) is 95.6 Å². The molecule has 0 spiro atoms. The van der Waals surface area contributed by atoms with Gasteiger partial charge in [-0.15, -0.1) is 0 Å². The lowest BCUT2D eigenvalue weighted by molar-refractivity contribution is 0.0944. The first-order chi connectivity index (χ1) is 15.2. The summed E-state index contributed by atoms with van der Waals surface area (Å²) in [6.07, 6.45) is 3.77. The smallest absolute Gasteiger partial charge is 0.255 e. The van der Waals surface area contributed by atoms with Gasteiger partial charge < -0.3 is 10.6 Å². The van der Waals surface area contributed by atoms with E-state index in [1.165, 1.54) is 34.6 Å². The summed E-state index contributed by atoms with van der Waals surface area (Å²) in [5.41, 5.74) is 0.841. The van der Waals surface area contributed by atoms with E-state index < -0.39 is 15.9 Å². The lowest BCUT2D eigenvalue weighted by atomic mass is 10.1. The standard InChI is InChI=1S/C23H28ClN3O4S/c1-16(2)25-23(29)20-12-9-18(24)15-21(20)26-22(28)17-7-10-19(11-8-17)32(30,31)27-13-5-3-4-6-14-27/h7-12,15-16H,3-6,13-14H2,1-2H3,(H,25,29)(H,26,28). The molecule has 3 rings (SSSR count). The fourth-order valence-corrected chi connectivity index (χ4v) is 5.25. The molecule has 2 amide bonds. The van der Waals surface area contributed by atoms with Crippen LogP contribution in [-0.4, -0.2) is 43.7 Å². The van der Waals surface area contributed by atoms with Crippen LogP contribution < -0.4 is 10.6 Å². The van der Waals surface area contributed by atoms with Crippen molar-refractivity contribution in [3.05, 3.63) is 58.6 Å². The fraction of sp³-hybridized carbons (Fsp3) is 0.391. The number of sulfonamides is 1. The highest BCUT2D eigenvalue weighted by Gasteiger charge is 2.25. The first kappa shape index (κ1) is 24.2. The predicted molar refractivity (Wildman–Crippen MR) is 126 cm³/mol. The Kier molecular flexibility index (Phi) is 7.92. The minimum atomic E-state index is -3.59. The monoisotopic (exact) mass is 477 g/mol. The normalized spacial score (nSPS) is 15.2. The van der Waals surface area contributed by atoms with Crippen LogP contribution in [0, 0.1) is 0 Å². The second-order valence-electron chi connectivity index (χ2n) is 8.11. The van der Waals surface area contributed by atoms with Gasteiger partial charge in [0.1, 0.15) is 0 Å². The van der Waals surface area contributed by atoms with Gasteiger partial charge in [0.05, 0.1) is 16.1 Å². The molecule has 1 saturated heterocycles. The third kappa shape index (κ3) is 5.88. The minimum Gasteiger partial charge on any atom is -0.350 e. The quantitative estimate of drug-likeness (QED) is 0.648. The third-order valence-corrected chi connectivity index (χ3v) is 7.36. The highest BCUT2D eigenvalue weighted by molar-refractivity contribution is 7.89. The Morgan fingerprint density at radius 1 is 0.938 bits per heavy atom. The number of halogens is 1. The maximum Gasteiger partial charge on any atom is 0.255 e. The second-order valence-corrected chi connectivity index (χ2v) is 10.5. The summed E-state index contributed by atoms with van der Waals surface area (Å²) in [6, 6.07) is 10.4. The van der Waals surface area contributed by atoms with Crippen LogP contribution in [0.2, 0.25) is 5.02 Å². The number of nitrogens with zero attached hydrogens (tertiary/aromatic N) is 1. The molecule has 0 bridgehead atoms. The molecule has 1 aliphatic rings. The number of nitrogens with one attached hydrogen (secondary N) is 2. The summed E-state index contributed by atoms with van der Waals surface area (Å²) < 4.78 is 27.4. The molecule has 0 saturated carbocycles. The molecule has 0 unspecified atom stereocenters. The second kappa shape index (κ2) is 10.5. The van der Waals surface area contributed by atoms with E-state index in [9.17, 15) is 18.0 Å². The van der Waals surface area contributed by atoms with E-state index >= 15 is 0 Å². The molecule has 2 aromatic carbocycles. The summed E-state index contributed by atoms with van der Waals surface area (Å²) in [5, 5.41) is 5.87. The molecule has 7 nitrogen and oxygen atoms in total. The van der Waals surface area contributed by atoms with Crippen LogP contribution in [-0.2, 0) is 10.0 Å². The van der Waals surface area contributed by atoms with Crippen LogP contribution in [0.25, 0.3) is 0 Å². The molecular weight excluding hydrogens is 450 g/mol. The van der Waals surface area contributed by atoms with Crippen molar-refractivity contribution in [2.24, 2.45) is 0 Å². The van der Waals surface area contributed by atoms with Gasteiger partial charge in [0.15, 0.2) is 0 Å². The van der Waals surface area contributed by atoms with Crippen molar-refractivity contribution in [3.63, 3.8) is 0 Å². The molecule has 172 valence electrons. The minimum absolute atomic E-state index is 0.0691. The Morgan fingerprint density at radius 3 is 2.16 bits per heavy atom. The number of carbonyl (C=O) groups is 2. The number of benzene rings is 2. The molecule has 0 aliphatic carbocycles. The van der Waals surface area contributed by atoms with Gasteiger partial charge in [-0.05, 0) is 69.2 Å². The van der Waals surface area contributed by atoms with Gasteiger partial charge in [0.25, 0.3) is 11.8 Å². The van der Waals surface area contributed by atoms with E-state index in [1.54, 1.807) is 12.1 Å². The summed E-state index contributed by atoms with van der Waals surface area (Å²) in [5.74, 6) is -0.796. The number of carbonyl (C=O) groups excluding carboxylic acids is 2. The van der Waals surface area contributed by atoms with Crippen LogP contribution in [0.3, 0.4) is 0 Å². The Balaban J connectivity index is 1.78. The predicted octanol–water partition coefficient (Wildman–Crippen LogP) is 4.30. The van der Waals surface area contributed by atoms with Crippen LogP contribution in [0.5, 0.6) is 0 Å². The zero-order valence-corrected chi connectivity index (χ0v) is 19.8. The fourth-order valence-electron chi connectivity index (χ4n) is 3.56. The number of rotatable bonds is 6. The van der Waals surface area contributed by atoms with Crippen molar-refractivity contribution in [1.82, 2.24) is 9.62 Å². The number of amides is 2. The lowest BCUT2D eigenvalue weighted by Gasteiger charge is -2.20. The van der Waals surface area contributed by atoms with Crippen molar-refractivity contribution in [2.75, 3.05) is 18.4 Å². The SMILES string of the molecule is CC(C)NC(=O)c1ccc(Cl)cc1NC(=O)c1ccc(S(=O)(=O)N2CCCCCC2)cc1.